The number of carbonyl (C=O) groups is 1. The lowest BCUT2D eigenvalue weighted by Gasteiger charge is -2.27. The highest BCUT2D eigenvalue weighted by Crippen LogP contribution is 2.29. The van der Waals surface area contributed by atoms with Crippen LogP contribution in [0.2, 0.25) is 0 Å². The Morgan fingerprint density at radius 3 is 3.04 bits per heavy atom. The van der Waals surface area contributed by atoms with Crippen molar-refractivity contribution in [3.05, 3.63) is 18.0 Å². The van der Waals surface area contributed by atoms with Crippen molar-refractivity contribution >= 4 is 5.91 Å². The minimum Gasteiger partial charge on any atom is -0.377 e. The second kappa shape index (κ2) is 7.93. The molecule has 3 heterocycles. The van der Waals surface area contributed by atoms with Crippen molar-refractivity contribution in [3.8, 4) is 0 Å². The van der Waals surface area contributed by atoms with Crippen LogP contribution in [0.3, 0.4) is 0 Å². The van der Waals surface area contributed by atoms with Gasteiger partial charge in [0, 0.05) is 19.3 Å². The lowest BCUT2D eigenvalue weighted by molar-refractivity contribution is -0.127. The number of hydrogen-bond donors (Lipinski definition) is 2. The van der Waals surface area contributed by atoms with Gasteiger partial charge in [0.1, 0.15) is 0 Å². The van der Waals surface area contributed by atoms with Crippen molar-refractivity contribution < 1.29 is 9.53 Å². The number of aryl methyl sites for hydroxylation is 1. The maximum Gasteiger partial charge on any atom is 0.226 e. The fourth-order valence-corrected chi connectivity index (χ4v) is 3.73. The second-order valence-corrected chi connectivity index (χ2v) is 6.59. The largest absolute Gasteiger partial charge is 0.377 e. The van der Waals surface area contributed by atoms with Gasteiger partial charge in [0.15, 0.2) is 0 Å². The third kappa shape index (κ3) is 4.12. The number of hydrogen-bond acceptors (Lipinski definition) is 4. The van der Waals surface area contributed by atoms with E-state index in [1.807, 2.05) is 10.7 Å². The maximum atomic E-state index is 12.6. The molecule has 0 aliphatic carbocycles. The summed E-state index contributed by atoms with van der Waals surface area (Å²) < 4.78 is 7.79. The molecule has 2 aliphatic heterocycles. The van der Waals surface area contributed by atoms with E-state index < -0.39 is 0 Å². The maximum absolute atomic E-state index is 12.6. The molecule has 6 nitrogen and oxygen atoms in total. The SMILES string of the molecule is CCn1nccc1CNC(=O)[C@@H]1CCO[C@@H]1CC1CCNCC1. The van der Waals surface area contributed by atoms with Gasteiger partial charge in [0.05, 0.1) is 24.3 Å². The first-order chi connectivity index (χ1) is 11.3. The minimum absolute atomic E-state index is 0.00267. The number of piperidine rings is 1. The predicted octanol–water partition coefficient (Wildman–Crippen LogP) is 1.31. The van der Waals surface area contributed by atoms with E-state index in [1.165, 1.54) is 12.8 Å². The molecule has 2 atom stereocenters. The molecule has 2 N–H and O–H groups in total. The molecule has 23 heavy (non-hydrogen) atoms. The third-order valence-corrected chi connectivity index (χ3v) is 5.12. The average molecular weight is 320 g/mol. The van der Waals surface area contributed by atoms with E-state index in [-0.39, 0.29) is 17.9 Å². The number of nitrogens with zero attached hydrogens (tertiary/aromatic N) is 2. The van der Waals surface area contributed by atoms with Crippen LogP contribution in [0.1, 0.15) is 38.3 Å². The van der Waals surface area contributed by atoms with Crippen LogP contribution >= 0.6 is 0 Å². The first-order valence-electron chi connectivity index (χ1n) is 8.88. The summed E-state index contributed by atoms with van der Waals surface area (Å²) in [5, 5.41) is 10.7. The van der Waals surface area contributed by atoms with Crippen molar-refractivity contribution in [3.63, 3.8) is 0 Å². The van der Waals surface area contributed by atoms with Crippen molar-refractivity contribution in [2.24, 2.45) is 11.8 Å². The molecule has 2 aliphatic rings. The molecule has 1 aromatic rings. The number of amides is 1. The average Bonchev–Trinajstić information content (AvgIpc) is 3.22. The van der Waals surface area contributed by atoms with Gasteiger partial charge in [-0.3, -0.25) is 9.48 Å². The van der Waals surface area contributed by atoms with Crippen LogP contribution in [0, 0.1) is 11.8 Å². The van der Waals surface area contributed by atoms with Gasteiger partial charge in [-0.1, -0.05) is 0 Å². The molecular formula is C17H28N4O2. The van der Waals surface area contributed by atoms with Gasteiger partial charge in [-0.2, -0.15) is 5.10 Å². The fraction of sp³-hybridized carbons (Fsp3) is 0.765. The van der Waals surface area contributed by atoms with E-state index in [9.17, 15) is 4.79 Å². The van der Waals surface area contributed by atoms with Crippen molar-refractivity contribution in [1.29, 1.82) is 0 Å². The zero-order chi connectivity index (χ0) is 16.1. The summed E-state index contributed by atoms with van der Waals surface area (Å²) in [6, 6.07) is 1.96. The molecule has 0 spiro atoms. The van der Waals surface area contributed by atoms with Gasteiger partial charge >= 0.3 is 0 Å². The lowest BCUT2D eigenvalue weighted by atomic mass is 9.87. The normalized spacial score (nSPS) is 25.6. The molecule has 1 amide bonds. The van der Waals surface area contributed by atoms with Gasteiger partial charge in [0.25, 0.3) is 0 Å². The molecule has 0 bridgehead atoms. The molecule has 3 rings (SSSR count). The van der Waals surface area contributed by atoms with E-state index >= 15 is 0 Å². The van der Waals surface area contributed by atoms with Crippen LogP contribution in [-0.2, 0) is 22.6 Å². The van der Waals surface area contributed by atoms with Crippen LogP contribution in [0.25, 0.3) is 0 Å². The summed E-state index contributed by atoms with van der Waals surface area (Å²) in [6.45, 7) is 6.32. The standard InChI is InChI=1S/C17H28N4O2/c1-2-21-14(5-9-20-21)12-19-17(22)15-6-10-23-16(15)11-13-3-7-18-8-4-13/h5,9,13,15-16,18H,2-4,6-8,10-12H2,1H3,(H,19,22)/t15-,16-/m1/s1. The monoisotopic (exact) mass is 320 g/mol. The number of rotatable bonds is 6. The Bertz CT molecular complexity index is 510. The van der Waals surface area contributed by atoms with E-state index in [2.05, 4.69) is 22.7 Å². The Kier molecular flexibility index (Phi) is 5.67. The highest BCUT2D eigenvalue weighted by atomic mass is 16.5. The first-order valence-corrected chi connectivity index (χ1v) is 8.88. The summed E-state index contributed by atoms with van der Waals surface area (Å²) >= 11 is 0. The Labute approximate surface area is 138 Å². The van der Waals surface area contributed by atoms with Crippen molar-refractivity contribution in [1.82, 2.24) is 20.4 Å². The zero-order valence-electron chi connectivity index (χ0n) is 14.0. The molecular weight excluding hydrogens is 292 g/mol. The molecule has 0 saturated carbocycles. The number of ether oxygens (including phenoxy) is 1. The Balaban J connectivity index is 1.51. The topological polar surface area (TPSA) is 68.2 Å². The number of aromatic nitrogens is 2. The molecule has 0 unspecified atom stereocenters. The van der Waals surface area contributed by atoms with Crippen LogP contribution in [0.4, 0.5) is 0 Å². The molecule has 6 heteroatoms. The summed E-state index contributed by atoms with van der Waals surface area (Å²) in [4.78, 5) is 12.6. The molecule has 2 fully saturated rings. The van der Waals surface area contributed by atoms with E-state index in [4.69, 9.17) is 4.74 Å². The van der Waals surface area contributed by atoms with Crippen LogP contribution < -0.4 is 10.6 Å². The van der Waals surface area contributed by atoms with Gasteiger partial charge in [-0.25, -0.2) is 0 Å². The summed E-state index contributed by atoms with van der Waals surface area (Å²) in [7, 11) is 0. The zero-order valence-corrected chi connectivity index (χ0v) is 14.0. The molecule has 1 aromatic heterocycles. The van der Waals surface area contributed by atoms with E-state index in [0.717, 1.165) is 38.2 Å². The quantitative estimate of drug-likeness (QED) is 0.829. The van der Waals surface area contributed by atoms with E-state index in [1.54, 1.807) is 6.20 Å². The Morgan fingerprint density at radius 2 is 2.26 bits per heavy atom. The lowest BCUT2D eigenvalue weighted by Crippen LogP contribution is -2.37. The molecule has 0 radical (unpaired) electrons. The molecule has 2 saturated heterocycles. The van der Waals surface area contributed by atoms with Crippen molar-refractivity contribution in [2.75, 3.05) is 19.7 Å². The summed E-state index contributed by atoms with van der Waals surface area (Å²) in [5.41, 5.74) is 1.05. The summed E-state index contributed by atoms with van der Waals surface area (Å²) in [6.07, 6.45) is 6.13. The highest BCUT2D eigenvalue weighted by molar-refractivity contribution is 5.79. The van der Waals surface area contributed by atoms with Crippen LogP contribution in [0.5, 0.6) is 0 Å². The van der Waals surface area contributed by atoms with E-state index in [0.29, 0.717) is 19.1 Å². The molecule has 128 valence electrons. The first kappa shape index (κ1) is 16.5. The predicted molar refractivity (Wildman–Crippen MR) is 87.8 cm³/mol. The van der Waals surface area contributed by atoms with Gasteiger partial charge in [-0.05, 0) is 57.7 Å². The Hall–Kier alpha value is -1.40. The highest BCUT2D eigenvalue weighted by Gasteiger charge is 2.35. The van der Waals surface area contributed by atoms with Crippen molar-refractivity contribution in [2.45, 2.75) is 51.8 Å². The van der Waals surface area contributed by atoms with Crippen LogP contribution in [-0.4, -0.2) is 41.5 Å². The van der Waals surface area contributed by atoms with Gasteiger partial charge < -0.3 is 15.4 Å². The van der Waals surface area contributed by atoms with Gasteiger partial charge in [0.2, 0.25) is 5.91 Å². The fourth-order valence-electron chi connectivity index (χ4n) is 3.73. The second-order valence-electron chi connectivity index (χ2n) is 6.59. The summed E-state index contributed by atoms with van der Waals surface area (Å²) in [5.74, 6) is 0.823. The Morgan fingerprint density at radius 1 is 1.43 bits per heavy atom. The van der Waals surface area contributed by atoms with Crippen LogP contribution in [0.15, 0.2) is 12.3 Å². The third-order valence-electron chi connectivity index (χ3n) is 5.12. The number of nitrogens with one attached hydrogen (secondary N) is 2. The minimum atomic E-state index is 0.00267. The molecule has 0 aromatic carbocycles. The number of carbonyl (C=O) groups excluding carboxylic acids is 1. The smallest absolute Gasteiger partial charge is 0.226 e. The van der Waals surface area contributed by atoms with Gasteiger partial charge in [-0.15, -0.1) is 0 Å².